The van der Waals surface area contributed by atoms with Crippen LogP contribution in [0.3, 0.4) is 0 Å². The van der Waals surface area contributed by atoms with Crippen LogP contribution in [0.1, 0.15) is 34.2 Å². The molecule has 0 spiro atoms. The van der Waals surface area contributed by atoms with Gasteiger partial charge in [-0.2, -0.15) is 0 Å². The second-order valence-electron chi connectivity index (χ2n) is 8.52. The largest absolute Gasteiger partial charge is 0.468 e. The van der Waals surface area contributed by atoms with E-state index in [9.17, 15) is 4.79 Å². The first kappa shape index (κ1) is 18.9. The van der Waals surface area contributed by atoms with E-state index in [1.165, 1.54) is 17.0 Å². The van der Waals surface area contributed by atoms with Crippen molar-refractivity contribution in [1.82, 2.24) is 14.4 Å². The number of hydrogen-bond acceptors (Lipinski definition) is 5. The summed E-state index contributed by atoms with van der Waals surface area (Å²) < 4.78 is 7.60. The van der Waals surface area contributed by atoms with Crippen LogP contribution in [0.25, 0.3) is 0 Å². The lowest BCUT2D eigenvalue weighted by molar-refractivity contribution is 0.107. The molecule has 2 aliphatic rings. The minimum Gasteiger partial charge on any atom is -0.468 e. The molecular formula is C23H27N3O2S. The van der Waals surface area contributed by atoms with Gasteiger partial charge in [0.15, 0.2) is 0 Å². The average Bonchev–Trinajstić information content (AvgIpc) is 3.39. The normalized spacial score (nSPS) is 21.4. The van der Waals surface area contributed by atoms with Gasteiger partial charge in [0.2, 0.25) is 0 Å². The van der Waals surface area contributed by atoms with E-state index in [2.05, 4.69) is 51.1 Å². The number of likely N-dealkylation sites (tertiary alicyclic amines) is 1. The van der Waals surface area contributed by atoms with Crippen LogP contribution >= 0.6 is 11.3 Å². The van der Waals surface area contributed by atoms with E-state index < -0.39 is 0 Å². The van der Waals surface area contributed by atoms with E-state index in [0.717, 1.165) is 44.0 Å². The van der Waals surface area contributed by atoms with E-state index in [-0.39, 0.29) is 5.56 Å². The molecule has 0 aromatic carbocycles. The summed E-state index contributed by atoms with van der Waals surface area (Å²) in [5.41, 5.74) is 2.31. The third kappa shape index (κ3) is 3.97. The fraction of sp³-hybridized carbons (Fsp3) is 0.435. The molecule has 0 unspecified atom stereocenters. The zero-order chi connectivity index (χ0) is 19.8. The van der Waals surface area contributed by atoms with E-state index in [1.54, 1.807) is 17.6 Å². The minimum atomic E-state index is 0.203. The highest BCUT2D eigenvalue weighted by atomic mass is 32.1. The van der Waals surface area contributed by atoms with Crippen molar-refractivity contribution in [1.29, 1.82) is 0 Å². The molecule has 2 aliphatic heterocycles. The summed E-state index contributed by atoms with van der Waals surface area (Å²) >= 11 is 1.76. The van der Waals surface area contributed by atoms with E-state index >= 15 is 0 Å². The van der Waals surface area contributed by atoms with E-state index in [4.69, 9.17) is 4.42 Å². The number of fused-ring (bicyclic) bond motifs is 4. The Kier molecular flexibility index (Phi) is 5.16. The Morgan fingerprint density at radius 3 is 2.86 bits per heavy atom. The minimum absolute atomic E-state index is 0.203. The van der Waals surface area contributed by atoms with Crippen molar-refractivity contribution in [3.05, 3.63) is 80.3 Å². The summed E-state index contributed by atoms with van der Waals surface area (Å²) in [5, 5.41) is 2.10. The number of piperidine rings is 1. The van der Waals surface area contributed by atoms with Crippen LogP contribution in [-0.2, 0) is 26.2 Å². The molecular weight excluding hydrogens is 382 g/mol. The molecule has 1 fully saturated rings. The third-order valence-corrected chi connectivity index (χ3v) is 7.03. The predicted molar refractivity (Wildman–Crippen MR) is 115 cm³/mol. The number of hydrogen-bond donors (Lipinski definition) is 0. The number of nitrogens with zero attached hydrogens (tertiary/aromatic N) is 3. The Labute approximate surface area is 175 Å². The molecule has 0 aliphatic carbocycles. The van der Waals surface area contributed by atoms with E-state index in [1.807, 2.05) is 12.1 Å². The molecule has 2 atom stereocenters. The maximum absolute atomic E-state index is 13.2. The summed E-state index contributed by atoms with van der Waals surface area (Å²) in [4.78, 5) is 19.3. The van der Waals surface area contributed by atoms with Gasteiger partial charge in [-0.15, -0.1) is 11.3 Å². The fourth-order valence-corrected chi connectivity index (χ4v) is 5.76. The molecule has 6 heteroatoms. The molecule has 0 amide bonds. The standard InChI is InChI=1S/C23H27N3O2S/c1-24(16-21-5-3-9-29-21)13-18-6-7-22-19-10-17(12-26(22)23(18)27)11-25(14-19)15-20-4-2-8-28-20/h2-9,17,19H,10-16H2,1H3/t17-,19+/m0/s1. The molecule has 0 radical (unpaired) electrons. The molecule has 0 saturated carbocycles. The van der Waals surface area contributed by atoms with Crippen LogP contribution in [-0.4, -0.2) is 34.5 Å². The highest BCUT2D eigenvalue weighted by Crippen LogP contribution is 2.35. The van der Waals surface area contributed by atoms with Gasteiger partial charge in [-0.3, -0.25) is 14.6 Å². The summed E-state index contributed by atoms with van der Waals surface area (Å²) in [7, 11) is 2.09. The first-order valence-electron chi connectivity index (χ1n) is 10.3. The van der Waals surface area contributed by atoms with Gasteiger partial charge in [-0.05, 0) is 49.0 Å². The van der Waals surface area contributed by atoms with Crippen molar-refractivity contribution in [2.45, 2.75) is 38.5 Å². The van der Waals surface area contributed by atoms with E-state index in [0.29, 0.717) is 18.4 Å². The van der Waals surface area contributed by atoms with Crippen molar-refractivity contribution < 1.29 is 4.42 Å². The highest BCUT2D eigenvalue weighted by molar-refractivity contribution is 7.09. The molecule has 3 aromatic rings. The van der Waals surface area contributed by atoms with Gasteiger partial charge >= 0.3 is 0 Å². The smallest absolute Gasteiger partial charge is 0.255 e. The molecule has 152 valence electrons. The Morgan fingerprint density at radius 1 is 1.14 bits per heavy atom. The molecule has 5 rings (SSSR count). The lowest BCUT2D eigenvalue weighted by Gasteiger charge is -2.42. The molecule has 2 bridgehead atoms. The van der Waals surface area contributed by atoms with Crippen molar-refractivity contribution in [2.75, 3.05) is 20.1 Å². The Morgan fingerprint density at radius 2 is 2.07 bits per heavy atom. The summed E-state index contributed by atoms with van der Waals surface area (Å²) in [6.45, 7) is 5.29. The SMILES string of the molecule is CN(Cc1cccs1)Cc1ccc2n(c1=O)C[C@H]1C[C@@H]2CN(Cc2ccco2)C1. The number of thiophene rings is 1. The molecule has 1 saturated heterocycles. The van der Waals surface area contributed by atoms with Crippen LogP contribution in [0.15, 0.2) is 57.3 Å². The first-order valence-corrected chi connectivity index (χ1v) is 11.2. The molecule has 29 heavy (non-hydrogen) atoms. The fourth-order valence-electron chi connectivity index (χ4n) is 4.98. The van der Waals surface area contributed by atoms with Crippen LogP contribution in [0.4, 0.5) is 0 Å². The van der Waals surface area contributed by atoms with Crippen molar-refractivity contribution >= 4 is 11.3 Å². The zero-order valence-corrected chi connectivity index (χ0v) is 17.6. The van der Waals surface area contributed by atoms with Gasteiger partial charge in [0.1, 0.15) is 5.76 Å². The number of furan rings is 1. The summed E-state index contributed by atoms with van der Waals surface area (Å²) in [6.07, 6.45) is 2.93. The maximum atomic E-state index is 13.2. The van der Waals surface area contributed by atoms with Crippen LogP contribution in [0, 0.1) is 5.92 Å². The second-order valence-corrected chi connectivity index (χ2v) is 9.56. The van der Waals surface area contributed by atoms with Crippen LogP contribution in [0.2, 0.25) is 0 Å². The quantitative estimate of drug-likeness (QED) is 0.622. The van der Waals surface area contributed by atoms with Crippen molar-refractivity contribution in [3.8, 4) is 0 Å². The molecule has 3 aromatic heterocycles. The Balaban J connectivity index is 1.32. The lowest BCUT2D eigenvalue weighted by Crippen LogP contribution is -2.47. The average molecular weight is 410 g/mol. The molecule has 5 nitrogen and oxygen atoms in total. The number of aromatic nitrogens is 1. The third-order valence-electron chi connectivity index (χ3n) is 6.16. The summed E-state index contributed by atoms with van der Waals surface area (Å²) in [6, 6.07) is 12.5. The molecule has 5 heterocycles. The van der Waals surface area contributed by atoms with Gasteiger partial charge < -0.3 is 8.98 Å². The maximum Gasteiger partial charge on any atom is 0.255 e. The number of pyridine rings is 1. The Bertz CT molecular complexity index is 1010. The van der Waals surface area contributed by atoms with Gasteiger partial charge in [0, 0.05) is 54.8 Å². The summed E-state index contributed by atoms with van der Waals surface area (Å²) in [5.74, 6) is 1.99. The van der Waals surface area contributed by atoms with Gasteiger partial charge in [-0.25, -0.2) is 0 Å². The van der Waals surface area contributed by atoms with Gasteiger partial charge in [0.25, 0.3) is 5.56 Å². The predicted octanol–water partition coefficient (Wildman–Crippen LogP) is 3.75. The number of rotatable bonds is 6. The first-order chi connectivity index (χ1) is 14.2. The van der Waals surface area contributed by atoms with Gasteiger partial charge in [0.05, 0.1) is 12.8 Å². The zero-order valence-electron chi connectivity index (χ0n) is 16.8. The highest BCUT2D eigenvalue weighted by Gasteiger charge is 2.35. The second kappa shape index (κ2) is 7.94. The lowest BCUT2D eigenvalue weighted by atomic mass is 9.83. The topological polar surface area (TPSA) is 41.6 Å². The van der Waals surface area contributed by atoms with Gasteiger partial charge in [-0.1, -0.05) is 12.1 Å². The van der Waals surface area contributed by atoms with Crippen molar-refractivity contribution in [3.63, 3.8) is 0 Å². The van der Waals surface area contributed by atoms with Crippen molar-refractivity contribution in [2.24, 2.45) is 5.92 Å². The molecule has 0 N–H and O–H groups in total. The van der Waals surface area contributed by atoms with Crippen LogP contribution in [0.5, 0.6) is 0 Å². The Hall–Kier alpha value is -2.15. The monoisotopic (exact) mass is 409 g/mol. The van der Waals surface area contributed by atoms with Crippen LogP contribution < -0.4 is 5.56 Å².